The second kappa shape index (κ2) is 6.85. The van der Waals surface area contributed by atoms with Crippen molar-refractivity contribution >= 4 is 5.91 Å². The molecule has 0 aliphatic rings. The molecule has 21 heavy (non-hydrogen) atoms. The summed E-state index contributed by atoms with van der Waals surface area (Å²) in [5.41, 5.74) is 2.11. The molecule has 1 amide bonds. The number of pyridine rings is 1. The molecule has 2 aromatic rings. The van der Waals surface area contributed by atoms with E-state index in [1.54, 1.807) is 19.3 Å². The van der Waals surface area contributed by atoms with Gasteiger partial charge in [-0.1, -0.05) is 24.3 Å². The third-order valence-corrected chi connectivity index (χ3v) is 3.27. The Balaban J connectivity index is 1.88. The first-order valence-electron chi connectivity index (χ1n) is 6.73. The zero-order valence-corrected chi connectivity index (χ0v) is 11.9. The van der Waals surface area contributed by atoms with Crippen LogP contribution >= 0.6 is 0 Å². The van der Waals surface area contributed by atoms with Gasteiger partial charge < -0.3 is 15.0 Å². The van der Waals surface area contributed by atoms with E-state index in [9.17, 15) is 9.59 Å². The number of nitrogens with zero attached hydrogens (tertiary/aromatic N) is 1. The summed E-state index contributed by atoms with van der Waals surface area (Å²) in [4.78, 5) is 23.4. The van der Waals surface area contributed by atoms with Crippen molar-refractivity contribution in [1.82, 2.24) is 9.88 Å². The van der Waals surface area contributed by atoms with E-state index in [4.69, 9.17) is 5.11 Å². The van der Waals surface area contributed by atoms with Crippen LogP contribution in [-0.4, -0.2) is 22.1 Å². The minimum atomic E-state index is -0.250. The molecular weight excluding hydrogens is 268 g/mol. The van der Waals surface area contributed by atoms with Crippen molar-refractivity contribution in [3.63, 3.8) is 0 Å². The molecule has 0 unspecified atom stereocenters. The summed E-state index contributed by atoms with van der Waals surface area (Å²) < 4.78 is 1.42. The van der Waals surface area contributed by atoms with Crippen molar-refractivity contribution in [3.8, 4) is 0 Å². The molecular formula is C16H18N2O3. The normalized spacial score (nSPS) is 10.4. The van der Waals surface area contributed by atoms with Crippen molar-refractivity contribution in [2.75, 3.05) is 6.54 Å². The molecule has 2 rings (SSSR count). The minimum absolute atomic E-state index is 0.0278. The number of nitrogens with one attached hydrogen (secondary N) is 1. The predicted octanol–water partition coefficient (Wildman–Crippen LogP) is 0.850. The number of carbonyl (C=O) groups excluding carboxylic acids is 1. The average molecular weight is 286 g/mol. The molecule has 5 nitrogen and oxygen atoms in total. The Morgan fingerprint density at radius 3 is 2.48 bits per heavy atom. The molecule has 1 aromatic carbocycles. The summed E-state index contributed by atoms with van der Waals surface area (Å²) in [5, 5.41) is 11.7. The fourth-order valence-electron chi connectivity index (χ4n) is 1.92. The van der Waals surface area contributed by atoms with Crippen LogP contribution in [0.5, 0.6) is 0 Å². The van der Waals surface area contributed by atoms with Crippen LogP contribution in [0.3, 0.4) is 0 Å². The molecule has 0 saturated heterocycles. The number of aryl methyl sites for hydroxylation is 1. The van der Waals surface area contributed by atoms with Crippen LogP contribution in [0.25, 0.3) is 0 Å². The lowest BCUT2D eigenvalue weighted by molar-refractivity contribution is 0.0954. The van der Waals surface area contributed by atoms with Gasteiger partial charge in [0, 0.05) is 31.4 Å². The van der Waals surface area contributed by atoms with Crippen molar-refractivity contribution in [1.29, 1.82) is 0 Å². The Morgan fingerprint density at radius 1 is 1.19 bits per heavy atom. The maximum absolute atomic E-state index is 11.9. The highest BCUT2D eigenvalue weighted by molar-refractivity contribution is 5.93. The highest BCUT2D eigenvalue weighted by Crippen LogP contribution is 2.04. The number of aromatic nitrogens is 1. The average Bonchev–Trinajstić information content (AvgIpc) is 2.50. The lowest BCUT2D eigenvalue weighted by Crippen LogP contribution is -2.27. The van der Waals surface area contributed by atoms with E-state index in [2.05, 4.69) is 5.32 Å². The molecule has 1 aromatic heterocycles. The molecule has 0 aliphatic carbocycles. The Bertz CT molecular complexity index is 675. The maximum Gasteiger partial charge on any atom is 0.251 e. The van der Waals surface area contributed by atoms with E-state index in [-0.39, 0.29) is 18.1 Å². The van der Waals surface area contributed by atoms with E-state index in [0.29, 0.717) is 18.5 Å². The summed E-state index contributed by atoms with van der Waals surface area (Å²) in [6.07, 6.45) is 2.27. The monoisotopic (exact) mass is 286 g/mol. The van der Waals surface area contributed by atoms with Crippen LogP contribution < -0.4 is 10.9 Å². The fraction of sp³-hybridized carbons (Fsp3) is 0.250. The zero-order valence-electron chi connectivity index (χ0n) is 11.9. The summed E-state index contributed by atoms with van der Waals surface area (Å²) in [5.74, 6) is -0.250. The summed E-state index contributed by atoms with van der Waals surface area (Å²) >= 11 is 0. The molecule has 0 spiro atoms. The third kappa shape index (κ3) is 4.03. The van der Waals surface area contributed by atoms with Gasteiger partial charge in [-0.3, -0.25) is 9.59 Å². The van der Waals surface area contributed by atoms with Gasteiger partial charge in [-0.05, 0) is 23.6 Å². The molecule has 5 heteroatoms. The number of hydrogen-bond acceptors (Lipinski definition) is 3. The van der Waals surface area contributed by atoms with E-state index in [1.165, 1.54) is 10.6 Å². The van der Waals surface area contributed by atoms with Crippen LogP contribution in [-0.2, 0) is 20.1 Å². The Labute approximate surface area is 122 Å². The first-order valence-corrected chi connectivity index (χ1v) is 6.73. The number of aliphatic hydroxyl groups is 1. The highest BCUT2D eigenvalue weighted by Gasteiger charge is 2.06. The Hall–Kier alpha value is -2.40. The van der Waals surface area contributed by atoms with Crippen molar-refractivity contribution in [2.45, 2.75) is 13.0 Å². The SMILES string of the molecule is Cn1ccc(C(=O)NCCc2ccc(CO)cc2)cc1=O. The highest BCUT2D eigenvalue weighted by atomic mass is 16.3. The van der Waals surface area contributed by atoms with Gasteiger partial charge in [-0.25, -0.2) is 0 Å². The van der Waals surface area contributed by atoms with Crippen LogP contribution in [0.15, 0.2) is 47.4 Å². The predicted molar refractivity (Wildman–Crippen MR) is 80.1 cm³/mol. The molecule has 2 N–H and O–H groups in total. The number of benzene rings is 1. The lowest BCUT2D eigenvalue weighted by atomic mass is 10.1. The van der Waals surface area contributed by atoms with Crippen LogP contribution in [0.1, 0.15) is 21.5 Å². The summed E-state index contributed by atoms with van der Waals surface area (Å²) in [7, 11) is 1.64. The zero-order chi connectivity index (χ0) is 15.2. The van der Waals surface area contributed by atoms with Gasteiger partial charge in [0.25, 0.3) is 11.5 Å². The maximum atomic E-state index is 11.9. The van der Waals surface area contributed by atoms with E-state index in [1.807, 2.05) is 24.3 Å². The quantitative estimate of drug-likeness (QED) is 0.856. The molecule has 0 radical (unpaired) electrons. The standard InChI is InChI=1S/C16H18N2O3/c1-18-9-7-14(10-15(18)20)16(21)17-8-6-12-2-4-13(11-19)5-3-12/h2-5,7,9-10,19H,6,8,11H2,1H3,(H,17,21). The first-order chi connectivity index (χ1) is 10.1. The number of rotatable bonds is 5. The second-order valence-electron chi connectivity index (χ2n) is 4.85. The number of aliphatic hydroxyl groups excluding tert-OH is 1. The minimum Gasteiger partial charge on any atom is -0.392 e. The smallest absolute Gasteiger partial charge is 0.251 e. The number of carbonyl (C=O) groups is 1. The number of hydrogen-bond donors (Lipinski definition) is 2. The summed E-state index contributed by atoms with van der Waals surface area (Å²) in [6, 6.07) is 10.5. The Kier molecular flexibility index (Phi) is 4.90. The van der Waals surface area contributed by atoms with Gasteiger partial charge >= 0.3 is 0 Å². The summed E-state index contributed by atoms with van der Waals surface area (Å²) in [6.45, 7) is 0.520. The second-order valence-corrected chi connectivity index (χ2v) is 4.85. The largest absolute Gasteiger partial charge is 0.392 e. The van der Waals surface area contributed by atoms with Gasteiger partial charge in [0.15, 0.2) is 0 Å². The van der Waals surface area contributed by atoms with E-state index >= 15 is 0 Å². The van der Waals surface area contributed by atoms with E-state index < -0.39 is 0 Å². The van der Waals surface area contributed by atoms with Crippen LogP contribution in [0, 0.1) is 0 Å². The van der Waals surface area contributed by atoms with E-state index in [0.717, 1.165) is 11.1 Å². The van der Waals surface area contributed by atoms with Gasteiger partial charge in [0.05, 0.1) is 6.61 Å². The molecule has 1 heterocycles. The van der Waals surface area contributed by atoms with Crippen LogP contribution in [0.2, 0.25) is 0 Å². The van der Waals surface area contributed by atoms with Crippen LogP contribution in [0.4, 0.5) is 0 Å². The molecule has 0 atom stereocenters. The molecule has 0 aliphatic heterocycles. The lowest BCUT2D eigenvalue weighted by Gasteiger charge is -2.06. The molecule has 0 bridgehead atoms. The third-order valence-electron chi connectivity index (χ3n) is 3.27. The number of amides is 1. The van der Waals surface area contributed by atoms with Crippen molar-refractivity contribution in [2.24, 2.45) is 7.05 Å². The van der Waals surface area contributed by atoms with Gasteiger partial charge in [-0.15, -0.1) is 0 Å². The van der Waals surface area contributed by atoms with Crippen molar-refractivity contribution < 1.29 is 9.90 Å². The topological polar surface area (TPSA) is 71.3 Å². The van der Waals surface area contributed by atoms with Crippen molar-refractivity contribution in [3.05, 3.63) is 69.6 Å². The van der Waals surface area contributed by atoms with Gasteiger partial charge in [0.2, 0.25) is 0 Å². The van der Waals surface area contributed by atoms with Gasteiger partial charge in [-0.2, -0.15) is 0 Å². The van der Waals surface area contributed by atoms with Gasteiger partial charge in [0.1, 0.15) is 0 Å². The molecule has 110 valence electrons. The molecule has 0 saturated carbocycles. The molecule has 0 fully saturated rings. The Morgan fingerprint density at radius 2 is 1.86 bits per heavy atom. The fourth-order valence-corrected chi connectivity index (χ4v) is 1.92. The first kappa shape index (κ1) is 15.0.